The van der Waals surface area contributed by atoms with Crippen molar-refractivity contribution in [1.29, 1.82) is 0 Å². The molecule has 8 heteroatoms. The normalized spacial score (nSPS) is 25.0. The Hall–Kier alpha value is -0.820. The van der Waals surface area contributed by atoms with Gasteiger partial charge >= 0.3 is 0 Å². The van der Waals surface area contributed by atoms with Crippen LogP contribution in [0.15, 0.2) is 12.4 Å². The van der Waals surface area contributed by atoms with Gasteiger partial charge in [0.05, 0.1) is 25.4 Å². The maximum Gasteiger partial charge on any atom is 0.239 e. The summed E-state index contributed by atoms with van der Waals surface area (Å²) in [5, 5.41) is 7.50. The molecule has 0 aliphatic carbocycles. The molecule has 6 nitrogen and oxygen atoms in total. The second-order valence-electron chi connectivity index (χ2n) is 5.59. The maximum absolute atomic E-state index is 12.5. The number of amides is 1. The number of piperidine rings is 1. The molecule has 2 aliphatic heterocycles. The first kappa shape index (κ1) is 19.2. The molecule has 22 heavy (non-hydrogen) atoms. The minimum Gasteiger partial charge on any atom is -0.370 e. The molecular weight excluding hydrogens is 327 g/mol. The average molecular weight is 351 g/mol. The van der Waals surface area contributed by atoms with E-state index in [-0.39, 0.29) is 42.9 Å². The fourth-order valence-corrected chi connectivity index (χ4v) is 2.94. The summed E-state index contributed by atoms with van der Waals surface area (Å²) in [5.41, 5.74) is 1.04. The molecule has 2 aliphatic rings. The summed E-state index contributed by atoms with van der Waals surface area (Å²) in [5.74, 6) is 0.224. The molecule has 3 heterocycles. The molecule has 2 unspecified atom stereocenters. The number of hydrogen-bond donors (Lipinski definition) is 1. The zero-order valence-electron chi connectivity index (χ0n) is 12.7. The van der Waals surface area contributed by atoms with Crippen molar-refractivity contribution in [3.05, 3.63) is 18.0 Å². The molecule has 0 saturated carbocycles. The second-order valence-corrected chi connectivity index (χ2v) is 5.59. The molecule has 1 aromatic heterocycles. The Kier molecular flexibility index (Phi) is 7.62. The van der Waals surface area contributed by atoms with Crippen LogP contribution in [0, 0.1) is 0 Å². The van der Waals surface area contributed by atoms with E-state index in [1.807, 2.05) is 24.3 Å². The van der Waals surface area contributed by atoms with Gasteiger partial charge in [0.25, 0.3) is 0 Å². The van der Waals surface area contributed by atoms with Crippen molar-refractivity contribution in [2.75, 3.05) is 26.2 Å². The van der Waals surface area contributed by atoms with Crippen LogP contribution in [0.5, 0.6) is 0 Å². The van der Waals surface area contributed by atoms with Crippen LogP contribution in [0.2, 0.25) is 0 Å². The third kappa shape index (κ3) is 4.35. The summed E-state index contributed by atoms with van der Waals surface area (Å²) >= 11 is 0. The third-order valence-electron chi connectivity index (χ3n) is 4.08. The highest BCUT2D eigenvalue weighted by molar-refractivity contribution is 5.85. The molecule has 3 rings (SSSR count). The van der Waals surface area contributed by atoms with Crippen LogP contribution in [0.1, 0.15) is 30.9 Å². The molecule has 1 N–H and O–H groups in total. The first-order valence-corrected chi connectivity index (χ1v) is 7.36. The number of hydrogen-bond acceptors (Lipinski definition) is 4. The molecule has 1 aromatic rings. The summed E-state index contributed by atoms with van der Waals surface area (Å²) < 4.78 is 7.54. The monoisotopic (exact) mass is 350 g/mol. The van der Waals surface area contributed by atoms with Crippen molar-refractivity contribution in [3.8, 4) is 0 Å². The van der Waals surface area contributed by atoms with Gasteiger partial charge in [0, 0.05) is 25.4 Å². The quantitative estimate of drug-likeness (QED) is 0.873. The Bertz CT molecular complexity index is 477. The van der Waals surface area contributed by atoms with Gasteiger partial charge in [-0.05, 0) is 19.4 Å². The van der Waals surface area contributed by atoms with Crippen molar-refractivity contribution >= 4 is 30.7 Å². The largest absolute Gasteiger partial charge is 0.370 e. The first-order chi connectivity index (χ1) is 9.74. The van der Waals surface area contributed by atoms with Crippen LogP contribution in [0.3, 0.4) is 0 Å². The molecular formula is C14H24Cl2N4O2. The maximum atomic E-state index is 12.5. The van der Waals surface area contributed by atoms with E-state index in [1.165, 1.54) is 6.42 Å². The fraction of sp³-hybridized carbons (Fsp3) is 0.714. The highest BCUT2D eigenvalue weighted by atomic mass is 35.5. The molecule has 126 valence electrons. The Balaban J connectivity index is 0.00000121. The van der Waals surface area contributed by atoms with Crippen molar-refractivity contribution in [3.63, 3.8) is 0 Å². The van der Waals surface area contributed by atoms with Gasteiger partial charge in [0.2, 0.25) is 5.91 Å². The van der Waals surface area contributed by atoms with Crippen LogP contribution in [0.25, 0.3) is 0 Å². The van der Waals surface area contributed by atoms with Gasteiger partial charge in [0.15, 0.2) is 0 Å². The van der Waals surface area contributed by atoms with Gasteiger partial charge < -0.3 is 15.0 Å². The van der Waals surface area contributed by atoms with Crippen molar-refractivity contribution in [2.45, 2.75) is 31.4 Å². The van der Waals surface area contributed by atoms with Crippen LogP contribution >= 0.6 is 24.8 Å². The molecule has 2 saturated heterocycles. The fourth-order valence-electron chi connectivity index (χ4n) is 2.94. The first-order valence-electron chi connectivity index (χ1n) is 7.36. The lowest BCUT2D eigenvalue weighted by molar-refractivity contribution is -0.141. The zero-order valence-corrected chi connectivity index (χ0v) is 14.4. The number of carbonyl (C=O) groups is 1. The molecule has 0 radical (unpaired) electrons. The van der Waals surface area contributed by atoms with Crippen molar-refractivity contribution in [1.82, 2.24) is 20.0 Å². The van der Waals surface area contributed by atoms with Crippen LogP contribution in [-0.2, 0) is 16.6 Å². The minimum atomic E-state index is -0.0509. The highest BCUT2D eigenvalue weighted by Gasteiger charge is 2.30. The minimum absolute atomic E-state index is 0. The van der Waals surface area contributed by atoms with Crippen LogP contribution in [-0.4, -0.2) is 52.9 Å². The second kappa shape index (κ2) is 8.72. The number of aryl methyl sites for hydroxylation is 1. The van der Waals surface area contributed by atoms with Crippen molar-refractivity contribution in [2.24, 2.45) is 7.05 Å². The highest BCUT2D eigenvalue weighted by Crippen LogP contribution is 2.22. The van der Waals surface area contributed by atoms with E-state index in [2.05, 4.69) is 10.4 Å². The zero-order chi connectivity index (χ0) is 13.9. The molecule has 0 aromatic carbocycles. The van der Waals surface area contributed by atoms with E-state index < -0.39 is 0 Å². The molecule has 0 spiro atoms. The number of halogens is 2. The lowest BCUT2D eigenvalue weighted by Crippen LogP contribution is -2.52. The van der Waals surface area contributed by atoms with E-state index in [0.717, 1.165) is 24.9 Å². The third-order valence-corrected chi connectivity index (χ3v) is 4.08. The number of aromatic nitrogens is 2. The predicted octanol–water partition coefficient (Wildman–Crippen LogP) is 1.31. The van der Waals surface area contributed by atoms with Crippen molar-refractivity contribution < 1.29 is 9.53 Å². The Labute approximate surface area is 143 Å². The lowest BCUT2D eigenvalue weighted by atomic mass is 10.0. The van der Waals surface area contributed by atoms with Gasteiger partial charge in [-0.15, -0.1) is 24.8 Å². The molecule has 2 atom stereocenters. The SMILES string of the molecule is Cl.Cl.Cn1cc(C2CN(C(=O)C3CCCCN3)CCO2)cn1. The number of morpholine rings is 1. The summed E-state index contributed by atoms with van der Waals surface area (Å²) in [6, 6.07) is -0.00333. The number of ether oxygens (including phenoxy) is 1. The summed E-state index contributed by atoms with van der Waals surface area (Å²) in [4.78, 5) is 14.5. The van der Waals surface area contributed by atoms with Crippen LogP contribution in [0.4, 0.5) is 0 Å². The molecule has 0 bridgehead atoms. The van der Waals surface area contributed by atoms with E-state index in [0.29, 0.717) is 19.7 Å². The Morgan fingerprint density at radius 1 is 1.41 bits per heavy atom. The van der Waals surface area contributed by atoms with Crippen LogP contribution < -0.4 is 5.32 Å². The topological polar surface area (TPSA) is 59.4 Å². The average Bonchev–Trinajstić information content (AvgIpc) is 2.94. The Morgan fingerprint density at radius 2 is 2.23 bits per heavy atom. The standard InChI is InChI=1S/C14H22N4O2.2ClH/c1-17-9-11(8-16-17)13-10-18(6-7-20-13)14(19)12-4-2-3-5-15-12;;/h8-9,12-13,15H,2-7,10H2,1H3;2*1H. The molecule has 1 amide bonds. The summed E-state index contributed by atoms with van der Waals surface area (Å²) in [6.45, 7) is 2.86. The number of nitrogens with one attached hydrogen (secondary N) is 1. The predicted molar refractivity (Wildman–Crippen MR) is 88.6 cm³/mol. The van der Waals surface area contributed by atoms with Gasteiger partial charge in [-0.25, -0.2) is 0 Å². The summed E-state index contributed by atoms with van der Waals surface area (Å²) in [6.07, 6.45) is 6.98. The van der Waals surface area contributed by atoms with Gasteiger partial charge in [-0.3, -0.25) is 9.48 Å². The van der Waals surface area contributed by atoms with Gasteiger partial charge in [-0.2, -0.15) is 5.10 Å². The van der Waals surface area contributed by atoms with E-state index in [4.69, 9.17) is 4.74 Å². The van der Waals surface area contributed by atoms with E-state index in [1.54, 1.807) is 4.68 Å². The number of carbonyl (C=O) groups excluding carboxylic acids is 1. The van der Waals surface area contributed by atoms with Gasteiger partial charge in [-0.1, -0.05) is 6.42 Å². The van der Waals surface area contributed by atoms with E-state index in [9.17, 15) is 4.79 Å². The number of rotatable bonds is 2. The Morgan fingerprint density at radius 3 is 2.86 bits per heavy atom. The lowest BCUT2D eigenvalue weighted by Gasteiger charge is -2.35. The summed E-state index contributed by atoms with van der Waals surface area (Å²) in [7, 11) is 1.89. The molecule has 2 fully saturated rings. The number of nitrogens with zero attached hydrogens (tertiary/aromatic N) is 3. The van der Waals surface area contributed by atoms with E-state index >= 15 is 0 Å². The smallest absolute Gasteiger partial charge is 0.239 e. The van der Waals surface area contributed by atoms with Gasteiger partial charge in [0.1, 0.15) is 6.10 Å².